The third-order valence-electron chi connectivity index (χ3n) is 5.63. The molecule has 1 aromatic heterocycles. The summed E-state index contributed by atoms with van der Waals surface area (Å²) in [5, 5.41) is 7.85. The topological polar surface area (TPSA) is 105 Å². The number of anilines is 1. The van der Waals surface area contributed by atoms with Crippen LogP contribution < -0.4 is 16.8 Å². The summed E-state index contributed by atoms with van der Waals surface area (Å²) in [7, 11) is 1.92. The molecule has 0 radical (unpaired) electrons. The molecule has 0 aliphatic heterocycles. The van der Waals surface area contributed by atoms with Crippen LogP contribution in [0, 0.1) is 0 Å². The molecule has 6 heteroatoms. The molecule has 5 rings (SSSR count). The van der Waals surface area contributed by atoms with Gasteiger partial charge in [-0.2, -0.15) is 0 Å². The van der Waals surface area contributed by atoms with Crippen LogP contribution in [0.3, 0.4) is 0 Å². The summed E-state index contributed by atoms with van der Waals surface area (Å²) in [6, 6.07) is 21.3. The molecule has 0 aliphatic rings. The lowest BCUT2D eigenvalue weighted by Crippen LogP contribution is -1.99. The van der Waals surface area contributed by atoms with Crippen molar-refractivity contribution in [1.29, 1.82) is 0 Å². The minimum atomic E-state index is 0.402. The Morgan fingerprint density at radius 3 is 2.35 bits per heavy atom. The van der Waals surface area contributed by atoms with E-state index >= 15 is 0 Å². The number of hydrogen-bond donors (Lipinski definition) is 4. The maximum atomic E-state index is 5.75. The van der Waals surface area contributed by atoms with Gasteiger partial charge < -0.3 is 21.8 Å². The maximum Gasteiger partial charge on any atom is 0.121 e. The molecular formula is C25H24N6. The average Bonchev–Trinajstić information content (AvgIpc) is 3.25. The van der Waals surface area contributed by atoms with Crippen molar-refractivity contribution in [2.45, 2.75) is 6.54 Å². The number of H-pyrrole nitrogens is 1. The van der Waals surface area contributed by atoms with Crippen LogP contribution in [0.1, 0.15) is 5.82 Å². The lowest BCUT2D eigenvalue weighted by atomic mass is 9.97. The zero-order valence-electron chi connectivity index (χ0n) is 17.3. The molecule has 0 unspecified atom stereocenters. The third-order valence-corrected chi connectivity index (χ3v) is 5.63. The van der Waals surface area contributed by atoms with Gasteiger partial charge in [-0.05, 0) is 46.2 Å². The number of aromatic nitrogens is 2. The second-order valence-electron chi connectivity index (χ2n) is 7.48. The lowest BCUT2D eigenvalue weighted by Gasteiger charge is -2.12. The first-order valence-corrected chi connectivity index (χ1v) is 10.3. The first-order valence-electron chi connectivity index (χ1n) is 10.3. The van der Waals surface area contributed by atoms with E-state index in [1.54, 1.807) is 6.21 Å². The quantitative estimate of drug-likeness (QED) is 0.316. The molecule has 5 aromatic rings. The second kappa shape index (κ2) is 7.83. The number of fused-ring (bicyclic) bond motifs is 4. The van der Waals surface area contributed by atoms with Crippen molar-refractivity contribution in [3.05, 3.63) is 66.5 Å². The van der Waals surface area contributed by atoms with Gasteiger partial charge in [-0.1, -0.05) is 36.4 Å². The molecule has 0 aliphatic carbocycles. The molecule has 154 valence electrons. The van der Waals surface area contributed by atoms with Crippen molar-refractivity contribution >= 4 is 50.2 Å². The predicted molar refractivity (Wildman–Crippen MR) is 131 cm³/mol. The Labute approximate surface area is 180 Å². The van der Waals surface area contributed by atoms with Crippen molar-refractivity contribution in [2.24, 2.45) is 16.5 Å². The molecule has 31 heavy (non-hydrogen) atoms. The van der Waals surface area contributed by atoms with Crippen molar-refractivity contribution < 1.29 is 0 Å². The summed E-state index contributed by atoms with van der Waals surface area (Å²) in [5.74, 6) is 0.802. The number of benzene rings is 4. The number of imidazole rings is 1. The van der Waals surface area contributed by atoms with E-state index in [0.29, 0.717) is 13.1 Å². The minimum absolute atomic E-state index is 0.402. The number of rotatable bonds is 5. The third kappa shape index (κ3) is 3.32. The zero-order chi connectivity index (χ0) is 21.4. The summed E-state index contributed by atoms with van der Waals surface area (Å²) >= 11 is 0. The number of nitrogens with two attached hydrogens (primary N) is 2. The Kier molecular flexibility index (Phi) is 4.86. The van der Waals surface area contributed by atoms with E-state index in [-0.39, 0.29) is 0 Å². The van der Waals surface area contributed by atoms with Crippen LogP contribution >= 0.6 is 0 Å². The molecule has 0 bridgehead atoms. The molecular weight excluding hydrogens is 384 g/mol. The van der Waals surface area contributed by atoms with Gasteiger partial charge in [-0.25, -0.2) is 4.98 Å². The summed E-state index contributed by atoms with van der Waals surface area (Å²) in [6.45, 7) is 0.819. The van der Waals surface area contributed by atoms with E-state index in [1.165, 1.54) is 11.1 Å². The van der Waals surface area contributed by atoms with Crippen LogP contribution in [0.4, 0.5) is 11.4 Å². The fourth-order valence-electron chi connectivity index (χ4n) is 4.15. The Hall–Kier alpha value is -3.74. The lowest BCUT2D eigenvalue weighted by molar-refractivity contribution is 0.959. The first kappa shape index (κ1) is 19.2. The number of nitrogens with one attached hydrogen (secondary N) is 2. The Bertz CT molecular complexity index is 1450. The van der Waals surface area contributed by atoms with E-state index in [0.717, 1.165) is 49.8 Å². The normalized spacial score (nSPS) is 11.8. The Morgan fingerprint density at radius 1 is 0.935 bits per heavy atom. The van der Waals surface area contributed by atoms with Gasteiger partial charge in [0.2, 0.25) is 0 Å². The average molecular weight is 409 g/mol. The number of aromatic amines is 1. The molecule has 6 N–H and O–H groups in total. The number of nitrogens with zero attached hydrogens (tertiary/aromatic N) is 2. The first-order chi connectivity index (χ1) is 15.2. The molecule has 6 nitrogen and oxygen atoms in total. The van der Waals surface area contributed by atoms with Crippen molar-refractivity contribution in [3.63, 3.8) is 0 Å². The molecule has 0 saturated heterocycles. The summed E-state index contributed by atoms with van der Waals surface area (Å²) in [4.78, 5) is 12.4. The van der Waals surface area contributed by atoms with Crippen molar-refractivity contribution in [3.8, 4) is 11.1 Å². The van der Waals surface area contributed by atoms with Gasteiger partial charge in [0.1, 0.15) is 5.82 Å². The minimum Gasteiger partial charge on any atom is -0.386 e. The molecule has 0 fully saturated rings. The highest BCUT2D eigenvalue weighted by molar-refractivity contribution is 6.06. The summed E-state index contributed by atoms with van der Waals surface area (Å²) in [5.41, 5.74) is 17.5. The van der Waals surface area contributed by atoms with Gasteiger partial charge >= 0.3 is 0 Å². The number of aliphatic imine (C=N–C) groups is 1. The van der Waals surface area contributed by atoms with E-state index in [2.05, 4.69) is 74.9 Å². The second-order valence-corrected chi connectivity index (χ2v) is 7.48. The van der Waals surface area contributed by atoms with E-state index < -0.39 is 0 Å². The molecule has 0 amide bonds. The largest absolute Gasteiger partial charge is 0.386 e. The van der Waals surface area contributed by atoms with Crippen LogP contribution in [0.5, 0.6) is 0 Å². The van der Waals surface area contributed by atoms with Gasteiger partial charge in [0.15, 0.2) is 0 Å². The Morgan fingerprint density at radius 2 is 1.65 bits per heavy atom. The Balaban J connectivity index is 1.61. The van der Waals surface area contributed by atoms with Gasteiger partial charge in [-0.15, -0.1) is 0 Å². The monoisotopic (exact) mass is 408 g/mol. The van der Waals surface area contributed by atoms with Crippen LogP contribution in [0.25, 0.3) is 43.7 Å². The summed E-state index contributed by atoms with van der Waals surface area (Å²) in [6.07, 6.45) is 1.72. The van der Waals surface area contributed by atoms with E-state index in [1.807, 2.05) is 13.1 Å². The maximum absolute atomic E-state index is 5.75. The SMILES string of the molecule is CNc1c(N=CCN)ccc2cc(-c3ccc4c(ccc5[nH]c(CN)nc54)c3)ccc12. The van der Waals surface area contributed by atoms with Crippen LogP contribution in [0.15, 0.2) is 65.7 Å². The number of hydrogen-bond acceptors (Lipinski definition) is 5. The van der Waals surface area contributed by atoms with Crippen LogP contribution in [0.2, 0.25) is 0 Å². The molecule has 4 aromatic carbocycles. The highest BCUT2D eigenvalue weighted by Gasteiger charge is 2.10. The van der Waals surface area contributed by atoms with Crippen molar-refractivity contribution in [2.75, 3.05) is 18.9 Å². The van der Waals surface area contributed by atoms with Gasteiger partial charge in [0.25, 0.3) is 0 Å². The fraction of sp³-hybridized carbons (Fsp3) is 0.120. The van der Waals surface area contributed by atoms with E-state index in [4.69, 9.17) is 11.5 Å². The highest BCUT2D eigenvalue weighted by Crippen LogP contribution is 2.36. The predicted octanol–water partition coefficient (Wildman–Crippen LogP) is 4.70. The van der Waals surface area contributed by atoms with Gasteiger partial charge in [-0.3, -0.25) is 4.99 Å². The molecule has 0 saturated carbocycles. The van der Waals surface area contributed by atoms with Gasteiger partial charge in [0, 0.05) is 30.6 Å². The van der Waals surface area contributed by atoms with Gasteiger partial charge in [0.05, 0.1) is 29.0 Å². The van der Waals surface area contributed by atoms with Crippen molar-refractivity contribution in [1.82, 2.24) is 9.97 Å². The van der Waals surface area contributed by atoms with Crippen LogP contribution in [-0.4, -0.2) is 29.8 Å². The fourth-order valence-corrected chi connectivity index (χ4v) is 4.15. The standard InChI is InChI=1S/C25H24N6/c1-28-24-19-6-2-15(12-17(19)4-8-21(24)29-11-10-26)16-3-7-20-18(13-16)5-9-22-25(20)31-23(14-27)30-22/h2-9,11-13,28H,10,14,26-27H2,1H3,(H,30,31). The molecule has 0 spiro atoms. The highest BCUT2D eigenvalue weighted by atomic mass is 14.9. The molecule has 1 heterocycles. The smallest absolute Gasteiger partial charge is 0.121 e. The van der Waals surface area contributed by atoms with Crippen LogP contribution in [-0.2, 0) is 6.54 Å². The van der Waals surface area contributed by atoms with E-state index in [9.17, 15) is 0 Å². The summed E-state index contributed by atoms with van der Waals surface area (Å²) < 4.78 is 0. The zero-order valence-corrected chi connectivity index (χ0v) is 17.3. The molecule has 0 atom stereocenters.